The van der Waals surface area contributed by atoms with Crippen LogP contribution in [0.1, 0.15) is 0 Å². The smallest absolute Gasteiger partial charge is 0.344 e. The molecule has 0 unspecified atom stereocenters. The fourth-order valence-electron chi connectivity index (χ4n) is 0.830. The van der Waals surface area contributed by atoms with Crippen molar-refractivity contribution in [1.82, 2.24) is 14.8 Å². The molecule has 0 atom stereocenters. The van der Waals surface area contributed by atoms with Crippen LogP contribution in [-0.4, -0.2) is 31.6 Å². The molecule has 0 aliphatic carbocycles. The van der Waals surface area contributed by atoms with E-state index in [-0.39, 0.29) is 11.4 Å². The maximum Gasteiger partial charge on any atom is 0.344 e. The van der Waals surface area contributed by atoms with Gasteiger partial charge in [0.1, 0.15) is 0 Å². The quantitative estimate of drug-likeness (QED) is 0.530. The maximum atomic E-state index is 11.1. The Hall–Kier alpha value is -1.50. The van der Waals surface area contributed by atoms with Crippen LogP contribution in [-0.2, 0) is 11.3 Å². The highest BCUT2D eigenvalue weighted by Crippen LogP contribution is 2.11. The Morgan fingerprint density at radius 1 is 1.79 bits per heavy atom. The lowest BCUT2D eigenvalue weighted by Crippen LogP contribution is -2.16. The summed E-state index contributed by atoms with van der Waals surface area (Å²) in [6.07, 6.45) is 1.54. The number of carbonyl (C=O) groups is 1. The van der Waals surface area contributed by atoms with E-state index in [0.717, 1.165) is 11.8 Å². The summed E-state index contributed by atoms with van der Waals surface area (Å²) in [5, 5.41) is 14.7. The minimum absolute atomic E-state index is 0.124. The molecule has 1 rings (SSSR count). The van der Waals surface area contributed by atoms with Crippen LogP contribution in [0.4, 0.5) is 0 Å². The molecule has 0 fully saturated rings. The number of aromatic amines is 1. The zero-order valence-electron chi connectivity index (χ0n) is 7.27. The highest BCUT2D eigenvalue weighted by molar-refractivity contribution is 7.99. The predicted octanol–water partition coefficient (Wildman–Crippen LogP) is -0.0659. The first kappa shape index (κ1) is 10.6. The molecule has 6 nitrogen and oxygen atoms in total. The highest BCUT2D eigenvalue weighted by atomic mass is 32.2. The number of rotatable bonds is 5. The number of aromatic nitrogens is 3. The average molecular weight is 215 g/mol. The molecular formula is C7H9N3O3S. The summed E-state index contributed by atoms with van der Waals surface area (Å²) in [5.74, 6) is -1.07. The number of allylic oxidation sites excluding steroid dienone is 1. The second-order valence-corrected chi connectivity index (χ2v) is 3.34. The normalized spacial score (nSPS) is 10.0. The number of H-pyrrole nitrogens is 1. The molecule has 0 aliphatic heterocycles. The number of carboxylic acids is 1. The molecule has 0 aromatic carbocycles. The molecule has 1 aromatic heterocycles. The van der Waals surface area contributed by atoms with E-state index >= 15 is 0 Å². The van der Waals surface area contributed by atoms with Crippen LogP contribution < -0.4 is 5.69 Å². The first-order valence-corrected chi connectivity index (χ1v) is 4.74. The van der Waals surface area contributed by atoms with Crippen molar-refractivity contribution in [3.63, 3.8) is 0 Å². The molecule has 0 radical (unpaired) electrons. The monoisotopic (exact) mass is 215 g/mol. The van der Waals surface area contributed by atoms with E-state index in [4.69, 9.17) is 5.11 Å². The van der Waals surface area contributed by atoms with Gasteiger partial charge in [0.2, 0.25) is 0 Å². The van der Waals surface area contributed by atoms with Crippen LogP contribution in [0.2, 0.25) is 0 Å². The van der Waals surface area contributed by atoms with Gasteiger partial charge in [-0.05, 0) is 0 Å². The number of aliphatic carboxylic acids is 1. The number of thioether (sulfide) groups is 1. The van der Waals surface area contributed by atoms with Gasteiger partial charge in [0.25, 0.3) is 0 Å². The summed E-state index contributed by atoms with van der Waals surface area (Å²) >= 11 is 0.989. The zero-order chi connectivity index (χ0) is 10.6. The van der Waals surface area contributed by atoms with Crippen LogP contribution in [0.5, 0.6) is 0 Å². The van der Waals surface area contributed by atoms with Crippen LogP contribution in [0, 0.1) is 0 Å². The van der Waals surface area contributed by atoms with Crippen LogP contribution in [0.3, 0.4) is 0 Å². The first-order chi connectivity index (χ1) is 6.65. The van der Waals surface area contributed by atoms with E-state index in [9.17, 15) is 9.59 Å². The summed E-state index contributed by atoms with van der Waals surface area (Å²) in [6, 6.07) is 0. The van der Waals surface area contributed by atoms with E-state index in [0.29, 0.717) is 11.7 Å². The summed E-state index contributed by atoms with van der Waals surface area (Å²) in [6.45, 7) is 3.80. The Kier molecular flexibility index (Phi) is 3.52. The van der Waals surface area contributed by atoms with Gasteiger partial charge in [-0.25, -0.2) is 9.89 Å². The van der Waals surface area contributed by atoms with Crippen molar-refractivity contribution >= 4 is 17.7 Å². The van der Waals surface area contributed by atoms with Crippen LogP contribution in [0.15, 0.2) is 22.6 Å². The van der Waals surface area contributed by atoms with E-state index < -0.39 is 5.97 Å². The van der Waals surface area contributed by atoms with Gasteiger partial charge in [0.05, 0.1) is 5.75 Å². The van der Waals surface area contributed by atoms with Crippen molar-refractivity contribution in [1.29, 1.82) is 0 Å². The van der Waals surface area contributed by atoms with Crippen molar-refractivity contribution < 1.29 is 9.90 Å². The molecule has 76 valence electrons. The van der Waals surface area contributed by atoms with Gasteiger partial charge >= 0.3 is 11.7 Å². The Morgan fingerprint density at radius 3 is 3.07 bits per heavy atom. The molecule has 14 heavy (non-hydrogen) atoms. The van der Waals surface area contributed by atoms with Gasteiger partial charge in [0, 0.05) is 6.54 Å². The van der Waals surface area contributed by atoms with Gasteiger partial charge in [-0.15, -0.1) is 11.7 Å². The van der Waals surface area contributed by atoms with E-state index in [1.807, 2.05) is 0 Å². The Labute approximate surface area is 83.6 Å². The van der Waals surface area contributed by atoms with Gasteiger partial charge < -0.3 is 5.11 Å². The van der Waals surface area contributed by atoms with Gasteiger partial charge in [-0.1, -0.05) is 17.8 Å². The second-order valence-electron chi connectivity index (χ2n) is 2.39. The molecule has 0 aliphatic rings. The standard InChI is InChI=1S/C7H9N3O3S/c1-2-3-10-6(13)8-9-7(10)14-4-5(11)12/h2H,1,3-4H2,(H,8,13)(H,11,12). The maximum absolute atomic E-state index is 11.1. The summed E-state index contributed by atoms with van der Waals surface area (Å²) in [7, 11) is 0. The minimum Gasteiger partial charge on any atom is -0.481 e. The third-order valence-corrected chi connectivity index (χ3v) is 2.32. The van der Waals surface area contributed by atoms with Gasteiger partial charge in [-0.2, -0.15) is 0 Å². The Balaban J connectivity index is 2.80. The summed E-state index contributed by atoms with van der Waals surface area (Å²) in [5.41, 5.74) is -0.363. The molecule has 0 amide bonds. The molecular weight excluding hydrogens is 206 g/mol. The molecule has 2 N–H and O–H groups in total. The van der Waals surface area contributed by atoms with Crippen molar-refractivity contribution in [2.45, 2.75) is 11.7 Å². The third-order valence-electron chi connectivity index (χ3n) is 1.36. The van der Waals surface area contributed by atoms with Gasteiger partial charge in [0.15, 0.2) is 5.16 Å². The summed E-state index contributed by atoms with van der Waals surface area (Å²) in [4.78, 5) is 21.4. The van der Waals surface area contributed by atoms with Crippen molar-refractivity contribution in [2.75, 3.05) is 5.75 Å². The largest absolute Gasteiger partial charge is 0.481 e. The molecule has 0 bridgehead atoms. The molecule has 0 spiro atoms. The predicted molar refractivity (Wildman–Crippen MR) is 51.4 cm³/mol. The molecule has 1 heterocycles. The van der Waals surface area contributed by atoms with Crippen LogP contribution >= 0.6 is 11.8 Å². The second kappa shape index (κ2) is 4.66. The van der Waals surface area contributed by atoms with E-state index in [1.165, 1.54) is 4.57 Å². The molecule has 1 aromatic rings. The number of nitrogens with one attached hydrogen (secondary N) is 1. The first-order valence-electron chi connectivity index (χ1n) is 3.76. The molecule has 0 saturated heterocycles. The number of nitrogens with zero attached hydrogens (tertiary/aromatic N) is 2. The topological polar surface area (TPSA) is 88.0 Å². The average Bonchev–Trinajstić information content (AvgIpc) is 2.46. The fraction of sp³-hybridized carbons (Fsp3) is 0.286. The van der Waals surface area contributed by atoms with E-state index in [1.54, 1.807) is 6.08 Å². The number of hydrogen-bond acceptors (Lipinski definition) is 4. The zero-order valence-corrected chi connectivity index (χ0v) is 8.08. The third kappa shape index (κ3) is 2.49. The van der Waals surface area contributed by atoms with Crippen molar-refractivity contribution in [2.24, 2.45) is 0 Å². The fourth-order valence-corrected chi connectivity index (χ4v) is 1.51. The highest BCUT2D eigenvalue weighted by Gasteiger charge is 2.08. The van der Waals surface area contributed by atoms with Crippen molar-refractivity contribution in [3.05, 3.63) is 23.1 Å². The Bertz CT molecular complexity index is 395. The lowest BCUT2D eigenvalue weighted by Gasteiger charge is -1.99. The SMILES string of the molecule is C=CCn1c(SCC(=O)O)n[nH]c1=O. The van der Waals surface area contributed by atoms with E-state index in [2.05, 4.69) is 16.8 Å². The van der Waals surface area contributed by atoms with Crippen LogP contribution in [0.25, 0.3) is 0 Å². The van der Waals surface area contributed by atoms with Gasteiger partial charge in [-0.3, -0.25) is 9.36 Å². The Morgan fingerprint density at radius 2 is 2.50 bits per heavy atom. The molecule has 0 saturated carbocycles. The molecule has 7 heteroatoms. The minimum atomic E-state index is -0.949. The van der Waals surface area contributed by atoms with Crippen molar-refractivity contribution in [3.8, 4) is 0 Å². The summed E-state index contributed by atoms with van der Waals surface area (Å²) < 4.78 is 1.32. The lowest BCUT2D eigenvalue weighted by atomic mass is 10.6. The lowest BCUT2D eigenvalue weighted by molar-refractivity contribution is -0.133. The number of carboxylic acid groups (broad SMARTS) is 1. The number of hydrogen-bond donors (Lipinski definition) is 2.